The molecule has 0 radical (unpaired) electrons. The van der Waals surface area contributed by atoms with Gasteiger partial charge in [0.1, 0.15) is 18.1 Å². The van der Waals surface area contributed by atoms with Crippen molar-refractivity contribution in [3.05, 3.63) is 0 Å². The second-order valence-electron chi connectivity index (χ2n) is 7.02. The van der Waals surface area contributed by atoms with Gasteiger partial charge in [-0.05, 0) is 32.7 Å². The number of carbonyl (C=O) groups is 5. The lowest BCUT2D eigenvalue weighted by atomic mass is 10.1. The number of nitrogens with one attached hydrogen (secondary N) is 4. The summed E-state index contributed by atoms with van der Waals surface area (Å²) in [7, 11) is 0. The molecule has 0 aromatic heterocycles. The van der Waals surface area contributed by atoms with Crippen LogP contribution >= 0.6 is 12.6 Å². The normalized spacial score (nSPS) is 19.8. The van der Waals surface area contributed by atoms with Gasteiger partial charge in [-0.15, -0.1) is 0 Å². The molecular formula is C17H29N5O7S. The minimum atomic E-state index is -1.36. The Kier molecular flexibility index (Phi) is 10.6. The maximum Gasteiger partial charge on any atom is 0.327 e. The number of carbonyl (C=O) groups excluding carboxylic acids is 4. The number of amides is 4. The van der Waals surface area contributed by atoms with Gasteiger partial charge in [-0.2, -0.15) is 12.6 Å². The molecule has 1 saturated heterocycles. The molecule has 1 fully saturated rings. The van der Waals surface area contributed by atoms with Crippen molar-refractivity contribution in [1.82, 2.24) is 21.3 Å². The molecule has 1 aliphatic rings. The highest BCUT2D eigenvalue weighted by Crippen LogP contribution is 2.07. The van der Waals surface area contributed by atoms with Crippen LogP contribution in [-0.4, -0.2) is 82.4 Å². The van der Waals surface area contributed by atoms with Crippen LogP contribution in [0.5, 0.6) is 0 Å². The summed E-state index contributed by atoms with van der Waals surface area (Å²) in [5, 5.41) is 29.0. The standard InChI is InChI=1S/C17H29N5O7S/c1-8(23)13(22-14(25)9-3-2-6-19-9)16(27)20-10(4-5-12(18)24)15(26)21-11(7-30)17(28)29/h8-11,13,19,23,30H,2-7H2,1H3,(H2,18,24)(H,20,27)(H,21,26)(H,22,25)(H,28,29). The minimum Gasteiger partial charge on any atom is -0.480 e. The van der Waals surface area contributed by atoms with Crippen LogP contribution in [0.15, 0.2) is 0 Å². The predicted octanol–water partition coefficient (Wildman–Crippen LogP) is -3.15. The van der Waals surface area contributed by atoms with Gasteiger partial charge < -0.3 is 37.2 Å². The van der Waals surface area contributed by atoms with Crippen LogP contribution < -0.4 is 27.0 Å². The third kappa shape index (κ3) is 8.16. The first kappa shape index (κ1) is 25.7. The fourth-order valence-corrected chi connectivity index (χ4v) is 3.09. The Morgan fingerprint density at radius 3 is 2.23 bits per heavy atom. The van der Waals surface area contributed by atoms with Gasteiger partial charge in [-0.25, -0.2) is 4.79 Å². The van der Waals surface area contributed by atoms with Crippen molar-refractivity contribution in [2.45, 2.75) is 62.9 Å². The highest BCUT2D eigenvalue weighted by atomic mass is 32.1. The monoisotopic (exact) mass is 447 g/mol. The third-order valence-electron chi connectivity index (χ3n) is 4.55. The van der Waals surface area contributed by atoms with E-state index in [2.05, 4.69) is 33.9 Å². The summed E-state index contributed by atoms with van der Waals surface area (Å²) < 4.78 is 0. The zero-order valence-electron chi connectivity index (χ0n) is 16.6. The quantitative estimate of drug-likeness (QED) is 0.143. The zero-order chi connectivity index (χ0) is 22.8. The summed E-state index contributed by atoms with van der Waals surface area (Å²) in [6, 6.07) is -4.47. The minimum absolute atomic E-state index is 0.196. The molecule has 170 valence electrons. The summed E-state index contributed by atoms with van der Waals surface area (Å²) >= 11 is 3.85. The van der Waals surface area contributed by atoms with Crippen molar-refractivity contribution >= 4 is 42.2 Å². The number of carboxylic acid groups (broad SMARTS) is 1. The molecule has 4 amide bonds. The maximum absolute atomic E-state index is 12.6. The SMILES string of the molecule is CC(O)C(NC(=O)C1CCCN1)C(=O)NC(CCC(N)=O)C(=O)NC(CS)C(=O)O. The Labute approximate surface area is 179 Å². The maximum atomic E-state index is 12.6. The number of thiol groups is 1. The predicted molar refractivity (Wildman–Crippen MR) is 108 cm³/mol. The number of aliphatic carboxylic acids is 1. The fraction of sp³-hybridized carbons (Fsp3) is 0.706. The highest BCUT2D eigenvalue weighted by Gasteiger charge is 2.33. The van der Waals surface area contributed by atoms with Gasteiger partial charge in [0.2, 0.25) is 23.6 Å². The smallest absolute Gasteiger partial charge is 0.327 e. The van der Waals surface area contributed by atoms with E-state index < -0.39 is 59.9 Å². The van der Waals surface area contributed by atoms with E-state index in [1.165, 1.54) is 6.92 Å². The number of hydrogen-bond donors (Lipinski definition) is 8. The number of aliphatic hydroxyl groups excluding tert-OH is 1. The molecule has 0 saturated carbocycles. The van der Waals surface area contributed by atoms with E-state index in [1.54, 1.807) is 0 Å². The van der Waals surface area contributed by atoms with Gasteiger partial charge in [0, 0.05) is 12.2 Å². The molecule has 12 nitrogen and oxygen atoms in total. The van der Waals surface area contributed by atoms with Crippen LogP contribution in [0.25, 0.3) is 0 Å². The lowest BCUT2D eigenvalue weighted by molar-refractivity contribution is -0.142. The Hall–Kier alpha value is -2.38. The molecule has 0 spiro atoms. The van der Waals surface area contributed by atoms with E-state index in [1.807, 2.05) is 0 Å². The third-order valence-corrected chi connectivity index (χ3v) is 4.91. The van der Waals surface area contributed by atoms with E-state index in [0.29, 0.717) is 13.0 Å². The van der Waals surface area contributed by atoms with Gasteiger partial charge in [0.15, 0.2) is 0 Å². The van der Waals surface area contributed by atoms with Crippen LogP contribution in [0, 0.1) is 0 Å². The molecule has 5 atom stereocenters. The number of aliphatic hydroxyl groups is 1. The molecule has 30 heavy (non-hydrogen) atoms. The van der Waals surface area contributed by atoms with Crippen LogP contribution in [0.4, 0.5) is 0 Å². The Morgan fingerprint density at radius 1 is 1.13 bits per heavy atom. The molecule has 5 unspecified atom stereocenters. The van der Waals surface area contributed by atoms with E-state index in [-0.39, 0.29) is 18.6 Å². The first-order valence-electron chi connectivity index (χ1n) is 9.51. The summed E-state index contributed by atoms with van der Waals surface area (Å²) in [5.74, 6) is -4.43. The van der Waals surface area contributed by atoms with E-state index >= 15 is 0 Å². The fourth-order valence-electron chi connectivity index (χ4n) is 2.84. The second-order valence-corrected chi connectivity index (χ2v) is 7.39. The number of primary amides is 1. The molecule has 0 aromatic rings. The lowest BCUT2D eigenvalue weighted by Crippen LogP contribution is -2.59. The highest BCUT2D eigenvalue weighted by molar-refractivity contribution is 7.80. The summed E-state index contributed by atoms with van der Waals surface area (Å²) in [6.45, 7) is 1.96. The van der Waals surface area contributed by atoms with Gasteiger partial charge in [0.25, 0.3) is 0 Å². The molecule has 8 N–H and O–H groups in total. The zero-order valence-corrected chi connectivity index (χ0v) is 17.5. The number of hydrogen-bond acceptors (Lipinski definition) is 8. The molecule has 1 rings (SSSR count). The van der Waals surface area contributed by atoms with Gasteiger partial charge >= 0.3 is 5.97 Å². The summed E-state index contributed by atoms with van der Waals surface area (Å²) in [5.41, 5.74) is 5.10. The van der Waals surface area contributed by atoms with Crippen LogP contribution in [0.1, 0.15) is 32.6 Å². The molecule has 0 aliphatic carbocycles. The second kappa shape index (κ2) is 12.3. The largest absolute Gasteiger partial charge is 0.480 e. The van der Waals surface area contributed by atoms with Crippen molar-refractivity contribution in [3.8, 4) is 0 Å². The number of nitrogens with two attached hydrogens (primary N) is 1. The number of rotatable bonds is 12. The van der Waals surface area contributed by atoms with E-state index in [0.717, 1.165) is 6.42 Å². The van der Waals surface area contributed by atoms with Crippen molar-refractivity contribution in [2.75, 3.05) is 12.3 Å². The van der Waals surface area contributed by atoms with Crippen molar-refractivity contribution in [1.29, 1.82) is 0 Å². The average molecular weight is 448 g/mol. The van der Waals surface area contributed by atoms with Crippen LogP contribution in [0.2, 0.25) is 0 Å². The van der Waals surface area contributed by atoms with Crippen LogP contribution in [-0.2, 0) is 24.0 Å². The molecule has 0 bridgehead atoms. The van der Waals surface area contributed by atoms with Gasteiger partial charge in [-0.3, -0.25) is 19.2 Å². The first-order valence-corrected chi connectivity index (χ1v) is 10.1. The van der Waals surface area contributed by atoms with Crippen LogP contribution in [0.3, 0.4) is 0 Å². The molecule has 0 aromatic carbocycles. The molecular weight excluding hydrogens is 418 g/mol. The average Bonchev–Trinajstić information content (AvgIpc) is 3.20. The Balaban J connectivity index is 2.87. The number of carboxylic acids is 1. The molecule has 13 heteroatoms. The van der Waals surface area contributed by atoms with Gasteiger partial charge in [0.05, 0.1) is 12.1 Å². The van der Waals surface area contributed by atoms with Crippen molar-refractivity contribution in [2.24, 2.45) is 5.73 Å². The van der Waals surface area contributed by atoms with E-state index in [9.17, 15) is 29.1 Å². The van der Waals surface area contributed by atoms with Crippen molar-refractivity contribution in [3.63, 3.8) is 0 Å². The summed E-state index contributed by atoms with van der Waals surface area (Å²) in [4.78, 5) is 59.6. The van der Waals surface area contributed by atoms with Crippen molar-refractivity contribution < 1.29 is 34.2 Å². The van der Waals surface area contributed by atoms with E-state index in [4.69, 9.17) is 10.8 Å². The lowest BCUT2D eigenvalue weighted by Gasteiger charge is -2.26. The topological polar surface area (TPSA) is 200 Å². The Bertz CT molecular complexity index is 654. The van der Waals surface area contributed by atoms with Gasteiger partial charge in [-0.1, -0.05) is 0 Å². The first-order chi connectivity index (χ1) is 14.1. The Morgan fingerprint density at radius 2 is 1.77 bits per heavy atom. The molecule has 1 aliphatic heterocycles. The molecule has 1 heterocycles. The summed E-state index contributed by atoms with van der Waals surface area (Å²) in [6.07, 6.45) is -0.344.